The Bertz CT molecular complexity index is 670. The molecule has 0 bridgehead atoms. The Morgan fingerprint density at radius 1 is 0.939 bits per heavy atom. The molecule has 11 heteroatoms. The van der Waals surface area contributed by atoms with Crippen molar-refractivity contribution >= 4 is 23.7 Å². The Balaban J connectivity index is 2.02. The number of hydrogen-bond donors (Lipinski definition) is 6. The summed E-state index contributed by atoms with van der Waals surface area (Å²) in [5, 5.41) is 18.0. The molecule has 0 radical (unpaired) electrons. The van der Waals surface area contributed by atoms with Crippen LogP contribution in [0.4, 0.5) is 0 Å². The van der Waals surface area contributed by atoms with Gasteiger partial charge in [0.1, 0.15) is 18.1 Å². The monoisotopic (exact) mass is 468 g/mol. The number of carbonyl (C=O) groups excluding carboxylic acids is 3. The fourth-order valence-electron chi connectivity index (χ4n) is 4.45. The molecule has 4 unspecified atom stereocenters. The van der Waals surface area contributed by atoms with Crippen molar-refractivity contribution in [1.82, 2.24) is 20.9 Å². The summed E-state index contributed by atoms with van der Waals surface area (Å²) < 4.78 is 0. The first-order chi connectivity index (χ1) is 15.9. The maximum absolute atomic E-state index is 13.1. The van der Waals surface area contributed by atoms with Gasteiger partial charge in [-0.2, -0.15) is 0 Å². The average molecular weight is 469 g/mol. The molecule has 33 heavy (non-hydrogen) atoms. The van der Waals surface area contributed by atoms with Crippen LogP contribution in [0.2, 0.25) is 0 Å². The van der Waals surface area contributed by atoms with Crippen LogP contribution < -0.4 is 27.4 Å². The number of carbonyl (C=O) groups is 4. The van der Waals surface area contributed by atoms with Gasteiger partial charge in [-0.05, 0) is 83.8 Å². The number of carboxylic acids is 1. The first-order valence-electron chi connectivity index (χ1n) is 12.2. The first kappa shape index (κ1) is 27.0. The zero-order valence-corrected chi connectivity index (χ0v) is 19.4. The van der Waals surface area contributed by atoms with Gasteiger partial charge in [0.25, 0.3) is 0 Å². The van der Waals surface area contributed by atoms with Gasteiger partial charge in [0.2, 0.25) is 17.7 Å². The lowest BCUT2D eigenvalue weighted by Gasteiger charge is -2.28. The third-order valence-corrected chi connectivity index (χ3v) is 6.34. The number of unbranched alkanes of at least 4 members (excludes halogenated alkanes) is 2. The SMILES string of the molecule is NCCCCC(NC(=O)C(CCCCN)NC(=O)C1CCCN1C(=O)C1CCCN1)C(=O)O. The highest BCUT2D eigenvalue weighted by Gasteiger charge is 2.39. The Hall–Kier alpha value is -2.24. The summed E-state index contributed by atoms with van der Waals surface area (Å²) in [6.45, 7) is 2.21. The van der Waals surface area contributed by atoms with Gasteiger partial charge in [0.15, 0.2) is 0 Å². The lowest BCUT2D eigenvalue weighted by molar-refractivity contribution is -0.143. The summed E-state index contributed by atoms with van der Waals surface area (Å²) in [6.07, 6.45) is 6.09. The number of nitrogens with zero attached hydrogens (tertiary/aromatic N) is 1. The molecule has 2 fully saturated rings. The highest BCUT2D eigenvalue weighted by Crippen LogP contribution is 2.21. The van der Waals surface area contributed by atoms with Gasteiger partial charge in [-0.3, -0.25) is 14.4 Å². The minimum atomic E-state index is -1.12. The summed E-state index contributed by atoms with van der Waals surface area (Å²) in [7, 11) is 0. The van der Waals surface area contributed by atoms with E-state index in [0.29, 0.717) is 58.2 Å². The predicted octanol–water partition coefficient (Wildman–Crippen LogP) is -0.958. The van der Waals surface area contributed by atoms with Crippen LogP contribution in [0.25, 0.3) is 0 Å². The van der Waals surface area contributed by atoms with Crippen molar-refractivity contribution in [2.45, 2.75) is 88.4 Å². The molecule has 11 nitrogen and oxygen atoms in total. The van der Waals surface area contributed by atoms with Crippen LogP contribution in [0, 0.1) is 0 Å². The zero-order valence-electron chi connectivity index (χ0n) is 19.4. The number of amides is 3. The van der Waals surface area contributed by atoms with Gasteiger partial charge in [-0.1, -0.05) is 0 Å². The summed E-state index contributed by atoms with van der Waals surface area (Å²) in [5.41, 5.74) is 11.0. The Morgan fingerprint density at radius 2 is 1.61 bits per heavy atom. The smallest absolute Gasteiger partial charge is 0.326 e. The number of rotatable bonds is 14. The minimum Gasteiger partial charge on any atom is -0.480 e. The summed E-state index contributed by atoms with van der Waals surface area (Å²) >= 11 is 0. The second-order valence-electron chi connectivity index (χ2n) is 8.87. The van der Waals surface area contributed by atoms with Crippen molar-refractivity contribution in [2.24, 2.45) is 11.5 Å². The second kappa shape index (κ2) is 14.1. The van der Waals surface area contributed by atoms with Crippen LogP contribution in [0.3, 0.4) is 0 Å². The van der Waals surface area contributed by atoms with Crippen LogP contribution in [0.5, 0.6) is 0 Å². The van der Waals surface area contributed by atoms with Crippen molar-refractivity contribution in [2.75, 3.05) is 26.2 Å². The lowest BCUT2D eigenvalue weighted by Crippen LogP contribution is -2.56. The van der Waals surface area contributed by atoms with Gasteiger partial charge < -0.3 is 37.4 Å². The molecule has 8 N–H and O–H groups in total. The maximum Gasteiger partial charge on any atom is 0.326 e. The van der Waals surface area contributed by atoms with E-state index in [4.69, 9.17) is 11.5 Å². The summed E-state index contributed by atoms with van der Waals surface area (Å²) in [4.78, 5) is 52.1. The summed E-state index contributed by atoms with van der Waals surface area (Å²) in [6, 6.07) is -2.81. The second-order valence-corrected chi connectivity index (χ2v) is 8.87. The van der Waals surface area contributed by atoms with E-state index in [2.05, 4.69) is 16.0 Å². The fourth-order valence-corrected chi connectivity index (χ4v) is 4.45. The number of nitrogens with one attached hydrogen (secondary N) is 3. The molecule has 0 aliphatic carbocycles. The van der Waals surface area contributed by atoms with Crippen LogP contribution >= 0.6 is 0 Å². The number of hydrogen-bond acceptors (Lipinski definition) is 7. The molecule has 0 spiro atoms. The van der Waals surface area contributed by atoms with E-state index in [-0.39, 0.29) is 24.3 Å². The van der Waals surface area contributed by atoms with Crippen molar-refractivity contribution in [3.8, 4) is 0 Å². The average Bonchev–Trinajstić information content (AvgIpc) is 3.49. The summed E-state index contributed by atoms with van der Waals surface area (Å²) in [5.74, 6) is -2.10. The van der Waals surface area contributed by atoms with Crippen LogP contribution in [0.1, 0.15) is 64.2 Å². The molecule has 2 rings (SSSR count). The van der Waals surface area contributed by atoms with E-state index in [1.165, 1.54) is 0 Å². The van der Waals surface area contributed by atoms with E-state index in [1.807, 2.05) is 0 Å². The fraction of sp³-hybridized carbons (Fsp3) is 0.818. The van der Waals surface area contributed by atoms with E-state index in [9.17, 15) is 24.3 Å². The van der Waals surface area contributed by atoms with Gasteiger partial charge in [-0.15, -0.1) is 0 Å². The largest absolute Gasteiger partial charge is 0.480 e. The lowest BCUT2D eigenvalue weighted by atomic mass is 10.0. The highest BCUT2D eigenvalue weighted by atomic mass is 16.4. The Morgan fingerprint density at radius 3 is 2.18 bits per heavy atom. The highest BCUT2D eigenvalue weighted by molar-refractivity contribution is 5.94. The van der Waals surface area contributed by atoms with E-state index in [0.717, 1.165) is 25.8 Å². The Labute approximate surface area is 195 Å². The van der Waals surface area contributed by atoms with Crippen LogP contribution in [-0.4, -0.2) is 84.0 Å². The molecule has 2 aliphatic heterocycles. The molecular weight excluding hydrogens is 428 g/mol. The van der Waals surface area contributed by atoms with Gasteiger partial charge in [-0.25, -0.2) is 4.79 Å². The number of nitrogens with two attached hydrogens (primary N) is 2. The quantitative estimate of drug-likeness (QED) is 0.176. The zero-order chi connectivity index (χ0) is 24.2. The standard InChI is InChI=1S/C22H40N6O5/c23-11-3-1-7-15(19(29)27-17(22(32)33)8-2-4-12-24)26-20(30)18-10-6-14-28(18)21(31)16-9-5-13-25-16/h15-18,25H,1-14,23-24H2,(H,26,30)(H,27,29)(H,32,33). The van der Waals surface area contributed by atoms with E-state index < -0.39 is 30.0 Å². The van der Waals surface area contributed by atoms with Crippen LogP contribution in [-0.2, 0) is 19.2 Å². The number of carboxylic acid groups (broad SMARTS) is 1. The molecule has 0 aromatic carbocycles. The van der Waals surface area contributed by atoms with E-state index >= 15 is 0 Å². The van der Waals surface area contributed by atoms with Crippen molar-refractivity contribution in [3.63, 3.8) is 0 Å². The van der Waals surface area contributed by atoms with Gasteiger partial charge in [0, 0.05) is 6.54 Å². The predicted molar refractivity (Wildman–Crippen MR) is 123 cm³/mol. The molecule has 2 heterocycles. The first-order valence-corrected chi connectivity index (χ1v) is 12.2. The molecule has 0 aromatic heterocycles. The van der Waals surface area contributed by atoms with Gasteiger partial charge in [0.05, 0.1) is 6.04 Å². The molecule has 188 valence electrons. The number of likely N-dealkylation sites (tertiary alicyclic amines) is 1. The maximum atomic E-state index is 13.1. The van der Waals surface area contributed by atoms with Crippen molar-refractivity contribution in [3.05, 3.63) is 0 Å². The van der Waals surface area contributed by atoms with Crippen molar-refractivity contribution < 1.29 is 24.3 Å². The molecular formula is C22H40N6O5. The molecule has 0 aromatic rings. The molecule has 4 atom stereocenters. The normalized spacial score (nSPS) is 22.1. The third-order valence-electron chi connectivity index (χ3n) is 6.34. The van der Waals surface area contributed by atoms with Crippen molar-refractivity contribution in [1.29, 1.82) is 0 Å². The molecule has 2 saturated heterocycles. The van der Waals surface area contributed by atoms with E-state index in [1.54, 1.807) is 4.90 Å². The number of aliphatic carboxylic acids is 1. The minimum absolute atomic E-state index is 0.0693. The topological polar surface area (TPSA) is 180 Å². The molecule has 3 amide bonds. The molecule has 0 saturated carbocycles. The van der Waals surface area contributed by atoms with Crippen LogP contribution in [0.15, 0.2) is 0 Å². The van der Waals surface area contributed by atoms with Gasteiger partial charge >= 0.3 is 5.97 Å². The Kier molecular flexibility index (Phi) is 11.6. The third kappa shape index (κ3) is 8.24. The molecule has 2 aliphatic rings.